The van der Waals surface area contributed by atoms with Crippen LogP contribution in [0.4, 0.5) is 10.1 Å². The molecule has 0 spiro atoms. The van der Waals surface area contributed by atoms with E-state index in [1.165, 1.54) is 6.07 Å². The molecule has 0 saturated heterocycles. The van der Waals surface area contributed by atoms with Crippen LogP contribution in [-0.2, 0) is 13.6 Å². The van der Waals surface area contributed by atoms with Gasteiger partial charge in [0.05, 0.1) is 25.0 Å². The summed E-state index contributed by atoms with van der Waals surface area (Å²) < 4.78 is 20.3. The average Bonchev–Trinajstić information content (AvgIpc) is 2.74. The lowest BCUT2D eigenvalue weighted by Gasteiger charge is -2.09. The van der Waals surface area contributed by atoms with Crippen LogP contribution in [0.2, 0.25) is 0 Å². The zero-order valence-corrected chi connectivity index (χ0v) is 9.77. The predicted molar refractivity (Wildman–Crippen MR) is 63.5 cm³/mol. The molecule has 0 aliphatic heterocycles. The Morgan fingerprint density at radius 3 is 2.88 bits per heavy atom. The van der Waals surface area contributed by atoms with Crippen molar-refractivity contribution < 1.29 is 9.13 Å². The van der Waals surface area contributed by atoms with Crippen LogP contribution in [0.15, 0.2) is 30.5 Å². The van der Waals surface area contributed by atoms with Gasteiger partial charge >= 0.3 is 0 Å². The Kier molecular flexibility index (Phi) is 3.27. The molecule has 0 amide bonds. The van der Waals surface area contributed by atoms with Crippen LogP contribution in [0.5, 0.6) is 5.75 Å². The Morgan fingerprint density at radius 2 is 2.24 bits per heavy atom. The molecule has 1 aromatic heterocycles. The van der Waals surface area contributed by atoms with Gasteiger partial charge in [0.25, 0.3) is 0 Å². The lowest BCUT2D eigenvalue weighted by Crippen LogP contribution is -2.06. The minimum absolute atomic E-state index is 0.298. The Bertz CT molecular complexity index is 510. The van der Waals surface area contributed by atoms with Crippen LogP contribution in [0.3, 0.4) is 0 Å². The van der Waals surface area contributed by atoms with Crippen LogP contribution < -0.4 is 10.1 Å². The van der Waals surface area contributed by atoms with Crippen LogP contribution in [0.25, 0.3) is 0 Å². The molecule has 1 N–H and O–H groups in total. The number of rotatable bonds is 4. The van der Waals surface area contributed by atoms with Crippen molar-refractivity contribution >= 4 is 5.69 Å². The van der Waals surface area contributed by atoms with E-state index in [1.807, 2.05) is 13.1 Å². The molecule has 2 aromatic rings. The second-order valence-electron chi connectivity index (χ2n) is 3.65. The minimum Gasteiger partial charge on any atom is -0.497 e. The molecule has 0 fully saturated rings. The SMILES string of the molecule is COc1ccc(F)c(NCc2ccnn2C)c1. The molecule has 1 aromatic carbocycles. The van der Waals surface area contributed by atoms with Crippen molar-refractivity contribution in [2.75, 3.05) is 12.4 Å². The van der Waals surface area contributed by atoms with Crippen LogP contribution in [0.1, 0.15) is 5.69 Å². The third-order valence-corrected chi connectivity index (χ3v) is 2.56. The Morgan fingerprint density at radius 1 is 1.41 bits per heavy atom. The van der Waals surface area contributed by atoms with E-state index in [1.54, 1.807) is 30.1 Å². The van der Waals surface area contributed by atoms with E-state index in [4.69, 9.17) is 4.74 Å². The highest BCUT2D eigenvalue weighted by molar-refractivity contribution is 5.49. The molecule has 0 unspecified atom stereocenters. The average molecular weight is 235 g/mol. The smallest absolute Gasteiger partial charge is 0.146 e. The third kappa shape index (κ3) is 2.55. The highest BCUT2D eigenvalue weighted by atomic mass is 19.1. The highest BCUT2D eigenvalue weighted by Gasteiger charge is 2.05. The monoisotopic (exact) mass is 235 g/mol. The largest absolute Gasteiger partial charge is 0.497 e. The molecule has 0 saturated carbocycles. The van der Waals surface area contributed by atoms with Gasteiger partial charge in [0.15, 0.2) is 0 Å². The summed E-state index contributed by atoms with van der Waals surface area (Å²) in [7, 11) is 3.40. The van der Waals surface area contributed by atoms with Gasteiger partial charge < -0.3 is 10.1 Å². The normalized spacial score (nSPS) is 10.3. The van der Waals surface area contributed by atoms with Gasteiger partial charge in [0.2, 0.25) is 0 Å². The number of hydrogen-bond acceptors (Lipinski definition) is 3. The summed E-state index contributed by atoms with van der Waals surface area (Å²) in [5.74, 6) is 0.326. The first-order chi connectivity index (χ1) is 8.20. The summed E-state index contributed by atoms with van der Waals surface area (Å²) in [4.78, 5) is 0. The quantitative estimate of drug-likeness (QED) is 0.882. The van der Waals surface area contributed by atoms with Gasteiger partial charge in [0.1, 0.15) is 11.6 Å². The lowest BCUT2D eigenvalue weighted by atomic mass is 10.2. The van der Waals surface area contributed by atoms with Crippen molar-refractivity contribution in [3.8, 4) is 5.75 Å². The van der Waals surface area contributed by atoms with Crippen molar-refractivity contribution in [2.24, 2.45) is 7.05 Å². The van der Waals surface area contributed by atoms with Crippen LogP contribution >= 0.6 is 0 Å². The molecule has 0 bridgehead atoms. The molecule has 2 rings (SSSR count). The van der Waals surface area contributed by atoms with E-state index >= 15 is 0 Å². The molecule has 17 heavy (non-hydrogen) atoms. The zero-order valence-electron chi connectivity index (χ0n) is 9.77. The molecule has 90 valence electrons. The minimum atomic E-state index is -0.298. The van der Waals surface area contributed by atoms with Crippen molar-refractivity contribution in [3.05, 3.63) is 42.0 Å². The summed E-state index contributed by atoms with van der Waals surface area (Å²) in [6.07, 6.45) is 1.71. The second kappa shape index (κ2) is 4.86. The van der Waals surface area contributed by atoms with Crippen molar-refractivity contribution in [1.29, 1.82) is 0 Å². The number of aromatic nitrogens is 2. The van der Waals surface area contributed by atoms with Gasteiger partial charge in [-0.1, -0.05) is 0 Å². The summed E-state index contributed by atoms with van der Waals surface area (Å²) >= 11 is 0. The number of nitrogens with one attached hydrogen (secondary N) is 1. The molecule has 5 heteroatoms. The molecule has 0 atom stereocenters. The number of benzene rings is 1. The summed E-state index contributed by atoms with van der Waals surface area (Å²) in [6.45, 7) is 0.514. The fourth-order valence-corrected chi connectivity index (χ4v) is 1.53. The van der Waals surface area contributed by atoms with Crippen molar-refractivity contribution in [2.45, 2.75) is 6.54 Å². The third-order valence-electron chi connectivity index (χ3n) is 2.56. The maximum Gasteiger partial charge on any atom is 0.146 e. The fraction of sp³-hybridized carbons (Fsp3) is 0.250. The maximum absolute atomic E-state index is 13.5. The van der Waals surface area contributed by atoms with E-state index in [0.29, 0.717) is 18.0 Å². The highest BCUT2D eigenvalue weighted by Crippen LogP contribution is 2.21. The summed E-state index contributed by atoms with van der Waals surface area (Å²) in [6, 6.07) is 6.48. The Hall–Kier alpha value is -2.04. The molecule has 0 aliphatic carbocycles. The standard InChI is InChI=1S/C12H14FN3O/c1-16-9(5-6-15-16)8-14-12-7-10(17-2)3-4-11(12)13/h3-7,14H,8H2,1-2H3. The number of methoxy groups -OCH3 is 1. The molecule has 4 nitrogen and oxygen atoms in total. The maximum atomic E-state index is 13.5. The van der Waals surface area contributed by atoms with E-state index in [0.717, 1.165) is 5.69 Å². The van der Waals surface area contributed by atoms with Gasteiger partial charge in [-0.3, -0.25) is 4.68 Å². The molecule has 0 aliphatic rings. The molecule has 1 heterocycles. The van der Waals surface area contributed by atoms with Gasteiger partial charge in [-0.05, 0) is 18.2 Å². The molecular weight excluding hydrogens is 221 g/mol. The van der Waals surface area contributed by atoms with Crippen molar-refractivity contribution in [3.63, 3.8) is 0 Å². The van der Waals surface area contributed by atoms with Gasteiger partial charge in [0, 0.05) is 19.3 Å². The van der Waals surface area contributed by atoms with E-state index in [-0.39, 0.29) is 5.82 Å². The Labute approximate surface area is 99.0 Å². The van der Waals surface area contributed by atoms with E-state index in [9.17, 15) is 4.39 Å². The zero-order chi connectivity index (χ0) is 12.3. The first kappa shape index (κ1) is 11.4. The number of ether oxygens (including phenoxy) is 1. The summed E-state index contributed by atoms with van der Waals surface area (Å²) in [5, 5.41) is 7.06. The number of nitrogens with zero attached hydrogens (tertiary/aromatic N) is 2. The van der Waals surface area contributed by atoms with Crippen molar-refractivity contribution in [1.82, 2.24) is 9.78 Å². The summed E-state index contributed by atoms with van der Waals surface area (Å²) in [5.41, 5.74) is 1.40. The second-order valence-corrected chi connectivity index (χ2v) is 3.65. The van der Waals surface area contributed by atoms with E-state index < -0.39 is 0 Å². The topological polar surface area (TPSA) is 39.1 Å². The molecular formula is C12H14FN3O. The first-order valence-corrected chi connectivity index (χ1v) is 5.25. The lowest BCUT2D eigenvalue weighted by molar-refractivity contribution is 0.414. The van der Waals surface area contributed by atoms with Crippen LogP contribution in [-0.4, -0.2) is 16.9 Å². The fourth-order valence-electron chi connectivity index (χ4n) is 1.53. The molecule has 0 radical (unpaired) electrons. The number of aryl methyl sites for hydroxylation is 1. The predicted octanol–water partition coefficient (Wildman–Crippen LogP) is 2.18. The van der Waals surface area contributed by atoms with Gasteiger partial charge in [-0.15, -0.1) is 0 Å². The van der Waals surface area contributed by atoms with Gasteiger partial charge in [-0.2, -0.15) is 5.10 Å². The van der Waals surface area contributed by atoms with Crippen LogP contribution in [0, 0.1) is 5.82 Å². The number of hydrogen-bond donors (Lipinski definition) is 1. The van der Waals surface area contributed by atoms with Gasteiger partial charge in [-0.25, -0.2) is 4.39 Å². The first-order valence-electron chi connectivity index (χ1n) is 5.25. The Balaban J connectivity index is 2.11. The number of halogens is 1. The van der Waals surface area contributed by atoms with E-state index in [2.05, 4.69) is 10.4 Å². The number of anilines is 1.